The van der Waals surface area contributed by atoms with Crippen molar-refractivity contribution in [3.8, 4) is 0 Å². The van der Waals surface area contributed by atoms with Crippen LogP contribution in [-0.2, 0) is 4.79 Å². The van der Waals surface area contributed by atoms with E-state index in [-0.39, 0.29) is 11.6 Å². The van der Waals surface area contributed by atoms with Gasteiger partial charge in [-0.1, -0.05) is 30.3 Å². The maximum Gasteiger partial charge on any atom is 0.280 e. The molecule has 6 heteroatoms. The molecule has 0 aliphatic carbocycles. The third-order valence-corrected chi connectivity index (χ3v) is 3.46. The van der Waals surface area contributed by atoms with Gasteiger partial charge < -0.3 is 0 Å². The number of nitro benzene ring substituents is 1. The van der Waals surface area contributed by atoms with Crippen molar-refractivity contribution < 1.29 is 9.72 Å². The zero-order chi connectivity index (χ0) is 16.4. The summed E-state index contributed by atoms with van der Waals surface area (Å²) in [5.41, 5.74) is 2.25. The molecule has 0 unspecified atom stereocenters. The van der Waals surface area contributed by atoms with Gasteiger partial charge in [0, 0.05) is 12.1 Å². The number of rotatable bonds is 3. The summed E-state index contributed by atoms with van der Waals surface area (Å²) in [6.45, 7) is 1.74. The first kappa shape index (κ1) is 14.6. The molecule has 1 amide bonds. The van der Waals surface area contributed by atoms with Gasteiger partial charge in [0.05, 0.1) is 21.9 Å². The molecule has 2 aromatic rings. The Hall–Kier alpha value is -3.28. The van der Waals surface area contributed by atoms with Gasteiger partial charge in [-0.2, -0.15) is 10.1 Å². The van der Waals surface area contributed by atoms with Gasteiger partial charge in [-0.25, -0.2) is 0 Å². The van der Waals surface area contributed by atoms with E-state index in [9.17, 15) is 14.9 Å². The molecule has 0 fully saturated rings. The fourth-order valence-electron chi connectivity index (χ4n) is 2.32. The lowest BCUT2D eigenvalue weighted by Gasteiger charge is -2.10. The van der Waals surface area contributed by atoms with Gasteiger partial charge in [0.15, 0.2) is 0 Å². The molecule has 0 spiro atoms. The van der Waals surface area contributed by atoms with Gasteiger partial charge in [0.1, 0.15) is 0 Å². The first-order chi connectivity index (χ1) is 11.1. The first-order valence-corrected chi connectivity index (χ1v) is 6.97. The van der Waals surface area contributed by atoms with Crippen molar-refractivity contribution in [1.82, 2.24) is 0 Å². The van der Waals surface area contributed by atoms with E-state index in [0.29, 0.717) is 22.5 Å². The number of non-ortho nitro benzene ring substituents is 1. The molecule has 1 heterocycles. The van der Waals surface area contributed by atoms with Crippen LogP contribution >= 0.6 is 0 Å². The molecule has 0 radical (unpaired) electrons. The van der Waals surface area contributed by atoms with Crippen molar-refractivity contribution in [3.63, 3.8) is 0 Å². The fraction of sp³-hybridized carbons (Fsp3) is 0.0588. The average Bonchev–Trinajstić information content (AvgIpc) is 2.84. The van der Waals surface area contributed by atoms with Gasteiger partial charge in [0.25, 0.3) is 11.6 Å². The minimum atomic E-state index is -0.463. The summed E-state index contributed by atoms with van der Waals surface area (Å²) < 4.78 is 0. The molecule has 1 aliphatic rings. The lowest BCUT2D eigenvalue weighted by atomic mass is 10.1. The second-order valence-corrected chi connectivity index (χ2v) is 5.05. The number of carbonyl (C=O) groups excluding carboxylic acids is 1. The van der Waals surface area contributed by atoms with E-state index in [1.54, 1.807) is 37.3 Å². The van der Waals surface area contributed by atoms with Crippen LogP contribution in [0.1, 0.15) is 12.5 Å². The van der Waals surface area contributed by atoms with Crippen molar-refractivity contribution >= 4 is 29.1 Å². The number of hydrogen-bond donors (Lipinski definition) is 0. The fourth-order valence-corrected chi connectivity index (χ4v) is 2.32. The Morgan fingerprint density at radius 2 is 1.87 bits per heavy atom. The summed E-state index contributed by atoms with van der Waals surface area (Å²) in [6, 6.07) is 15.3. The van der Waals surface area contributed by atoms with Crippen LogP contribution in [-0.4, -0.2) is 16.5 Å². The van der Waals surface area contributed by atoms with Crippen LogP contribution in [0.2, 0.25) is 0 Å². The largest absolute Gasteiger partial charge is 0.280 e. The first-order valence-electron chi connectivity index (χ1n) is 6.97. The highest BCUT2D eigenvalue weighted by Crippen LogP contribution is 2.25. The predicted molar refractivity (Wildman–Crippen MR) is 88.1 cm³/mol. The van der Waals surface area contributed by atoms with Crippen LogP contribution in [0.25, 0.3) is 6.08 Å². The van der Waals surface area contributed by atoms with Crippen molar-refractivity contribution in [2.75, 3.05) is 5.01 Å². The van der Waals surface area contributed by atoms with Crippen LogP contribution < -0.4 is 5.01 Å². The Morgan fingerprint density at radius 1 is 1.13 bits per heavy atom. The number of benzene rings is 2. The molecule has 23 heavy (non-hydrogen) atoms. The molecule has 3 rings (SSSR count). The summed E-state index contributed by atoms with van der Waals surface area (Å²) in [5.74, 6) is -0.250. The topological polar surface area (TPSA) is 75.8 Å². The van der Waals surface area contributed by atoms with E-state index in [0.717, 1.165) is 0 Å². The Kier molecular flexibility index (Phi) is 3.72. The summed E-state index contributed by atoms with van der Waals surface area (Å²) in [6.07, 6.45) is 1.62. The van der Waals surface area contributed by atoms with Crippen molar-refractivity contribution in [2.24, 2.45) is 5.10 Å². The van der Waals surface area contributed by atoms with Crippen LogP contribution in [0.5, 0.6) is 0 Å². The van der Waals surface area contributed by atoms with E-state index in [2.05, 4.69) is 5.10 Å². The minimum Gasteiger partial charge on any atom is -0.267 e. The van der Waals surface area contributed by atoms with Gasteiger partial charge >= 0.3 is 0 Å². The second kappa shape index (κ2) is 5.84. The molecule has 0 saturated carbocycles. The second-order valence-electron chi connectivity index (χ2n) is 5.05. The van der Waals surface area contributed by atoms with E-state index in [1.807, 2.05) is 18.2 Å². The number of para-hydroxylation sites is 1. The number of hydrazone groups is 1. The third kappa shape index (κ3) is 2.87. The molecule has 6 nitrogen and oxygen atoms in total. The van der Waals surface area contributed by atoms with E-state index in [1.165, 1.54) is 17.1 Å². The minimum absolute atomic E-state index is 0.0145. The average molecular weight is 307 g/mol. The smallest absolute Gasteiger partial charge is 0.267 e. The summed E-state index contributed by atoms with van der Waals surface area (Å²) in [5, 5.41) is 16.4. The normalized spacial score (nSPS) is 15.9. The zero-order valence-corrected chi connectivity index (χ0v) is 12.3. The summed E-state index contributed by atoms with van der Waals surface area (Å²) in [7, 11) is 0. The van der Waals surface area contributed by atoms with E-state index >= 15 is 0 Å². The molecule has 0 bridgehead atoms. The number of amides is 1. The van der Waals surface area contributed by atoms with Gasteiger partial charge in [0.2, 0.25) is 0 Å². The van der Waals surface area contributed by atoms with E-state index < -0.39 is 4.92 Å². The standard InChI is InChI=1S/C17H13N3O3/c1-12-16(11-13-6-5-9-15(10-13)20(22)23)17(21)19(18-12)14-7-3-2-4-8-14/h2-11H,1H3/b16-11+. The lowest BCUT2D eigenvalue weighted by Crippen LogP contribution is -2.21. The maximum atomic E-state index is 12.5. The van der Waals surface area contributed by atoms with Crippen molar-refractivity contribution in [1.29, 1.82) is 0 Å². The third-order valence-electron chi connectivity index (χ3n) is 3.46. The van der Waals surface area contributed by atoms with Crippen LogP contribution in [0.4, 0.5) is 11.4 Å². The molecular formula is C17H13N3O3. The number of nitrogens with zero attached hydrogens (tertiary/aromatic N) is 3. The van der Waals surface area contributed by atoms with Crippen LogP contribution in [0.3, 0.4) is 0 Å². The van der Waals surface area contributed by atoms with Crippen molar-refractivity contribution in [3.05, 3.63) is 75.8 Å². The summed E-state index contributed by atoms with van der Waals surface area (Å²) in [4.78, 5) is 22.9. The van der Waals surface area contributed by atoms with Crippen LogP contribution in [0, 0.1) is 10.1 Å². The van der Waals surface area contributed by atoms with E-state index in [4.69, 9.17) is 0 Å². The molecule has 1 aliphatic heterocycles. The molecule has 0 aromatic heterocycles. The Bertz CT molecular complexity index is 841. The Labute approximate surface area is 132 Å². The highest BCUT2D eigenvalue weighted by Gasteiger charge is 2.28. The zero-order valence-electron chi connectivity index (χ0n) is 12.3. The number of nitro groups is 1. The molecule has 0 N–H and O–H groups in total. The predicted octanol–water partition coefficient (Wildman–Crippen LogP) is 3.40. The molecular weight excluding hydrogens is 294 g/mol. The number of carbonyl (C=O) groups is 1. The molecule has 0 atom stereocenters. The monoisotopic (exact) mass is 307 g/mol. The highest BCUT2D eigenvalue weighted by molar-refractivity contribution is 6.32. The molecule has 114 valence electrons. The molecule has 0 saturated heterocycles. The van der Waals surface area contributed by atoms with Gasteiger partial charge in [-0.15, -0.1) is 0 Å². The summed E-state index contributed by atoms with van der Waals surface area (Å²) >= 11 is 0. The number of anilines is 1. The lowest BCUT2D eigenvalue weighted by molar-refractivity contribution is -0.384. The maximum absolute atomic E-state index is 12.5. The SMILES string of the molecule is CC1=NN(c2ccccc2)C(=O)/C1=C/c1cccc([N+](=O)[O-])c1. The van der Waals surface area contributed by atoms with Gasteiger partial charge in [-0.3, -0.25) is 14.9 Å². The Balaban J connectivity index is 1.95. The highest BCUT2D eigenvalue weighted by atomic mass is 16.6. The quantitative estimate of drug-likeness (QED) is 0.495. The molecule has 2 aromatic carbocycles. The number of hydrogen-bond acceptors (Lipinski definition) is 4. The Morgan fingerprint density at radius 3 is 2.57 bits per heavy atom. The van der Waals surface area contributed by atoms with Gasteiger partial charge in [-0.05, 0) is 30.7 Å². The van der Waals surface area contributed by atoms with Crippen LogP contribution in [0.15, 0.2) is 65.3 Å². The van der Waals surface area contributed by atoms with Crippen molar-refractivity contribution in [2.45, 2.75) is 6.92 Å².